The molecule has 1 amide bonds. The smallest absolute Gasteiger partial charge is 0.411 e. The zero-order valence-electron chi connectivity index (χ0n) is 12.1. The van der Waals surface area contributed by atoms with Gasteiger partial charge < -0.3 is 9.72 Å². The second-order valence-corrected chi connectivity index (χ2v) is 4.85. The Morgan fingerprint density at radius 1 is 1.40 bits per heavy atom. The summed E-state index contributed by atoms with van der Waals surface area (Å²) in [5, 5.41) is 3.75. The van der Waals surface area contributed by atoms with Crippen LogP contribution in [0.25, 0.3) is 17.0 Å². The Labute approximate surface area is 118 Å². The molecule has 2 N–H and O–H groups in total. The van der Waals surface area contributed by atoms with Gasteiger partial charge in [0.25, 0.3) is 0 Å². The van der Waals surface area contributed by atoms with Gasteiger partial charge in [-0.2, -0.15) is 0 Å². The fourth-order valence-electron chi connectivity index (χ4n) is 2.19. The van der Waals surface area contributed by atoms with Crippen molar-refractivity contribution in [2.45, 2.75) is 26.7 Å². The molecule has 106 valence electrons. The highest BCUT2D eigenvalue weighted by Gasteiger charge is 2.11. The largest absolute Gasteiger partial charge is 0.450 e. The third-order valence-electron chi connectivity index (χ3n) is 3.08. The highest BCUT2D eigenvalue weighted by Crippen LogP contribution is 2.28. The molecule has 0 spiro atoms. The van der Waals surface area contributed by atoms with Gasteiger partial charge in [0, 0.05) is 28.4 Å². The number of ether oxygens (including phenoxy) is 1. The van der Waals surface area contributed by atoms with Crippen molar-refractivity contribution in [2.75, 3.05) is 6.61 Å². The quantitative estimate of drug-likeness (QED) is 0.883. The van der Waals surface area contributed by atoms with Crippen molar-refractivity contribution in [1.29, 1.82) is 0 Å². The summed E-state index contributed by atoms with van der Waals surface area (Å²) in [5.74, 6) is 0.379. The van der Waals surface area contributed by atoms with Crippen LogP contribution in [-0.4, -0.2) is 17.7 Å². The number of rotatable bonds is 4. The average molecular weight is 272 g/mol. The first-order valence-electron chi connectivity index (χ1n) is 6.84. The van der Waals surface area contributed by atoms with Crippen LogP contribution in [0.15, 0.2) is 30.5 Å². The summed E-state index contributed by atoms with van der Waals surface area (Å²) >= 11 is 0. The second-order valence-electron chi connectivity index (χ2n) is 4.85. The number of hydrogen-bond acceptors (Lipinski definition) is 2. The van der Waals surface area contributed by atoms with E-state index in [0.29, 0.717) is 12.5 Å². The molecule has 1 heterocycles. The van der Waals surface area contributed by atoms with Gasteiger partial charge in [-0.05, 0) is 25.0 Å². The van der Waals surface area contributed by atoms with Crippen LogP contribution in [0.1, 0.15) is 37.9 Å². The molecule has 4 nitrogen and oxygen atoms in total. The third-order valence-corrected chi connectivity index (χ3v) is 3.08. The Morgan fingerprint density at radius 3 is 2.85 bits per heavy atom. The zero-order valence-corrected chi connectivity index (χ0v) is 12.1. The standard InChI is InChI=1S/C16H20N2O2/c1-4-20-16(19)17-10-9-13-12-7-5-6-8-14(12)18-15(13)11(2)3/h5-11,18H,4H2,1-3H3,(H,17,19)/b10-9+. The molecule has 0 saturated carbocycles. The molecule has 0 saturated heterocycles. The monoisotopic (exact) mass is 272 g/mol. The fourth-order valence-corrected chi connectivity index (χ4v) is 2.19. The Morgan fingerprint density at radius 2 is 2.15 bits per heavy atom. The maximum absolute atomic E-state index is 11.3. The summed E-state index contributed by atoms with van der Waals surface area (Å²) < 4.78 is 4.82. The fraction of sp³-hybridized carbons (Fsp3) is 0.312. The number of carbonyl (C=O) groups is 1. The molecule has 1 aromatic heterocycles. The van der Waals surface area contributed by atoms with Gasteiger partial charge in [-0.3, -0.25) is 5.32 Å². The van der Waals surface area contributed by atoms with E-state index in [4.69, 9.17) is 4.74 Å². The van der Waals surface area contributed by atoms with Crippen LogP contribution >= 0.6 is 0 Å². The van der Waals surface area contributed by atoms with E-state index in [1.54, 1.807) is 13.1 Å². The lowest BCUT2D eigenvalue weighted by atomic mass is 10.0. The molecule has 1 aromatic carbocycles. The van der Waals surface area contributed by atoms with E-state index in [1.165, 1.54) is 0 Å². The van der Waals surface area contributed by atoms with Gasteiger partial charge in [0.2, 0.25) is 0 Å². The van der Waals surface area contributed by atoms with Crippen molar-refractivity contribution in [2.24, 2.45) is 0 Å². The van der Waals surface area contributed by atoms with Gasteiger partial charge >= 0.3 is 6.09 Å². The predicted octanol–water partition coefficient (Wildman–Crippen LogP) is 4.01. The van der Waals surface area contributed by atoms with Crippen molar-refractivity contribution in [3.8, 4) is 0 Å². The SMILES string of the molecule is CCOC(=O)N/C=C/c1c(C(C)C)[nH]c2ccccc12. The molecule has 4 heteroatoms. The number of aromatic amines is 1. The van der Waals surface area contributed by atoms with Gasteiger partial charge in [0.15, 0.2) is 0 Å². The number of alkyl carbamates (subject to hydrolysis) is 1. The lowest BCUT2D eigenvalue weighted by Crippen LogP contribution is -2.17. The summed E-state index contributed by atoms with van der Waals surface area (Å²) in [4.78, 5) is 14.7. The molecule has 20 heavy (non-hydrogen) atoms. The van der Waals surface area contributed by atoms with E-state index in [0.717, 1.165) is 22.2 Å². The van der Waals surface area contributed by atoms with Crippen molar-refractivity contribution in [1.82, 2.24) is 10.3 Å². The van der Waals surface area contributed by atoms with Crippen LogP contribution < -0.4 is 5.32 Å². The normalized spacial score (nSPS) is 11.4. The number of nitrogens with one attached hydrogen (secondary N) is 2. The Hall–Kier alpha value is -2.23. The van der Waals surface area contributed by atoms with Crippen LogP contribution in [0, 0.1) is 0 Å². The topological polar surface area (TPSA) is 54.1 Å². The first-order chi connectivity index (χ1) is 9.63. The molecule has 2 rings (SSSR count). The number of H-pyrrole nitrogens is 1. The minimum atomic E-state index is -0.435. The Balaban J connectivity index is 2.30. The molecule has 0 atom stereocenters. The minimum Gasteiger partial charge on any atom is -0.450 e. The number of hydrogen-bond donors (Lipinski definition) is 2. The summed E-state index contributed by atoms with van der Waals surface area (Å²) in [6.45, 7) is 6.42. The van der Waals surface area contributed by atoms with Gasteiger partial charge in [-0.1, -0.05) is 32.0 Å². The average Bonchev–Trinajstić information content (AvgIpc) is 2.78. The maximum Gasteiger partial charge on any atom is 0.411 e. The molecular weight excluding hydrogens is 252 g/mol. The molecule has 2 aromatic rings. The molecule has 0 aliphatic carbocycles. The van der Waals surface area contributed by atoms with E-state index in [2.05, 4.69) is 36.3 Å². The number of para-hydroxylation sites is 1. The Kier molecular flexibility index (Phi) is 4.45. The van der Waals surface area contributed by atoms with E-state index in [-0.39, 0.29) is 0 Å². The van der Waals surface area contributed by atoms with Crippen LogP contribution in [0.5, 0.6) is 0 Å². The number of carbonyl (C=O) groups excluding carboxylic acids is 1. The first kappa shape index (κ1) is 14.2. The third kappa shape index (κ3) is 3.02. The molecule has 0 radical (unpaired) electrons. The number of benzene rings is 1. The van der Waals surface area contributed by atoms with Crippen molar-refractivity contribution in [3.05, 3.63) is 41.7 Å². The van der Waals surface area contributed by atoms with Crippen molar-refractivity contribution in [3.63, 3.8) is 0 Å². The van der Waals surface area contributed by atoms with Crippen molar-refractivity contribution >= 4 is 23.1 Å². The van der Waals surface area contributed by atoms with Crippen LogP contribution in [0.4, 0.5) is 4.79 Å². The summed E-state index contributed by atoms with van der Waals surface area (Å²) in [6.07, 6.45) is 3.10. The Bertz CT molecular complexity index is 626. The maximum atomic E-state index is 11.3. The van der Waals surface area contributed by atoms with Gasteiger partial charge in [-0.15, -0.1) is 0 Å². The van der Waals surface area contributed by atoms with Crippen molar-refractivity contribution < 1.29 is 9.53 Å². The van der Waals surface area contributed by atoms with E-state index < -0.39 is 6.09 Å². The molecule has 0 aliphatic rings. The predicted molar refractivity (Wildman–Crippen MR) is 81.6 cm³/mol. The lowest BCUT2D eigenvalue weighted by molar-refractivity contribution is 0.156. The van der Waals surface area contributed by atoms with Crippen LogP contribution in [-0.2, 0) is 4.74 Å². The zero-order chi connectivity index (χ0) is 14.5. The molecule has 0 unspecified atom stereocenters. The first-order valence-corrected chi connectivity index (χ1v) is 6.84. The highest BCUT2D eigenvalue weighted by molar-refractivity contribution is 5.91. The summed E-state index contributed by atoms with van der Waals surface area (Å²) in [5.41, 5.74) is 3.37. The van der Waals surface area contributed by atoms with Gasteiger partial charge in [0.05, 0.1) is 6.61 Å². The molecule has 0 fully saturated rings. The molecular formula is C16H20N2O2. The van der Waals surface area contributed by atoms with Gasteiger partial charge in [-0.25, -0.2) is 4.79 Å². The minimum absolute atomic E-state index is 0.365. The summed E-state index contributed by atoms with van der Waals surface area (Å²) in [7, 11) is 0. The van der Waals surface area contributed by atoms with E-state index in [9.17, 15) is 4.79 Å². The number of aromatic nitrogens is 1. The highest BCUT2D eigenvalue weighted by atomic mass is 16.5. The summed E-state index contributed by atoms with van der Waals surface area (Å²) in [6, 6.07) is 8.14. The van der Waals surface area contributed by atoms with Crippen LogP contribution in [0.2, 0.25) is 0 Å². The molecule has 0 bridgehead atoms. The number of amides is 1. The van der Waals surface area contributed by atoms with E-state index >= 15 is 0 Å². The lowest BCUT2D eigenvalue weighted by Gasteiger charge is -2.04. The van der Waals surface area contributed by atoms with Gasteiger partial charge in [0.1, 0.15) is 0 Å². The van der Waals surface area contributed by atoms with E-state index in [1.807, 2.05) is 18.2 Å². The van der Waals surface area contributed by atoms with Crippen LogP contribution in [0.3, 0.4) is 0 Å². The number of fused-ring (bicyclic) bond motifs is 1. The molecule has 0 aliphatic heterocycles. The second kappa shape index (κ2) is 6.28.